The molecule has 7 heteroatoms. The van der Waals surface area contributed by atoms with Crippen molar-refractivity contribution in [3.05, 3.63) is 47.5 Å². The molecule has 130 valence electrons. The number of fused-ring (bicyclic) bond motifs is 1. The van der Waals surface area contributed by atoms with Crippen LogP contribution in [-0.4, -0.2) is 43.4 Å². The van der Waals surface area contributed by atoms with E-state index in [2.05, 4.69) is 15.1 Å². The second-order valence-corrected chi connectivity index (χ2v) is 6.51. The molecule has 1 fully saturated rings. The lowest BCUT2D eigenvalue weighted by Crippen LogP contribution is -2.39. The molecule has 25 heavy (non-hydrogen) atoms. The maximum atomic E-state index is 12.9. The summed E-state index contributed by atoms with van der Waals surface area (Å²) < 4.78 is 7.17. The van der Waals surface area contributed by atoms with E-state index in [0.29, 0.717) is 24.0 Å². The molecule has 4 heterocycles. The van der Waals surface area contributed by atoms with Crippen molar-refractivity contribution in [2.45, 2.75) is 39.0 Å². The quantitative estimate of drug-likeness (QED) is 0.733. The van der Waals surface area contributed by atoms with E-state index < -0.39 is 0 Å². The van der Waals surface area contributed by atoms with Crippen LogP contribution in [-0.2, 0) is 6.42 Å². The predicted molar refractivity (Wildman–Crippen MR) is 91.5 cm³/mol. The number of nitrogens with zero attached hydrogens (tertiary/aromatic N) is 5. The van der Waals surface area contributed by atoms with Gasteiger partial charge in [0.25, 0.3) is 5.91 Å². The molecule has 3 aromatic heterocycles. The lowest BCUT2D eigenvalue weighted by Gasteiger charge is -2.30. The Balaban J connectivity index is 1.55. The number of pyridine rings is 1. The molecule has 1 aliphatic rings. The Morgan fingerprint density at radius 2 is 2.24 bits per heavy atom. The number of rotatable bonds is 3. The summed E-state index contributed by atoms with van der Waals surface area (Å²) in [5, 5.41) is 4.08. The van der Waals surface area contributed by atoms with Crippen molar-refractivity contribution >= 4 is 11.6 Å². The van der Waals surface area contributed by atoms with Gasteiger partial charge in [0, 0.05) is 37.3 Å². The van der Waals surface area contributed by atoms with Gasteiger partial charge in [0.2, 0.25) is 5.89 Å². The van der Waals surface area contributed by atoms with Crippen molar-refractivity contribution in [2.24, 2.45) is 0 Å². The van der Waals surface area contributed by atoms with Gasteiger partial charge in [-0.05, 0) is 31.9 Å². The van der Waals surface area contributed by atoms with Gasteiger partial charge in [0.05, 0.1) is 0 Å². The fourth-order valence-electron chi connectivity index (χ4n) is 3.36. The Morgan fingerprint density at radius 3 is 3.00 bits per heavy atom. The van der Waals surface area contributed by atoms with E-state index >= 15 is 0 Å². The van der Waals surface area contributed by atoms with Gasteiger partial charge in [-0.1, -0.05) is 18.1 Å². The summed E-state index contributed by atoms with van der Waals surface area (Å²) in [6, 6.07) is 5.86. The number of hydrogen-bond donors (Lipinski definition) is 0. The zero-order valence-corrected chi connectivity index (χ0v) is 14.5. The van der Waals surface area contributed by atoms with E-state index in [-0.39, 0.29) is 11.8 Å². The highest BCUT2D eigenvalue weighted by Crippen LogP contribution is 2.26. The van der Waals surface area contributed by atoms with Crippen molar-refractivity contribution < 1.29 is 9.32 Å². The highest BCUT2D eigenvalue weighted by molar-refractivity contribution is 5.93. The minimum atomic E-state index is -0.0352. The van der Waals surface area contributed by atoms with Gasteiger partial charge in [0.15, 0.2) is 5.82 Å². The number of carbonyl (C=O) groups excluding carboxylic acids is 1. The molecule has 0 radical (unpaired) electrons. The Bertz CT molecular complexity index is 913. The second kappa shape index (κ2) is 6.31. The molecule has 0 saturated carbocycles. The highest BCUT2D eigenvalue weighted by atomic mass is 16.5. The summed E-state index contributed by atoms with van der Waals surface area (Å²) in [5.74, 6) is 1.45. The Kier molecular flexibility index (Phi) is 3.99. The monoisotopic (exact) mass is 339 g/mol. The molecule has 0 aromatic carbocycles. The van der Waals surface area contributed by atoms with Gasteiger partial charge in [-0.3, -0.25) is 4.79 Å². The average molecular weight is 339 g/mol. The molecule has 1 unspecified atom stereocenters. The zero-order chi connectivity index (χ0) is 17.4. The topological polar surface area (TPSA) is 76.5 Å². The smallest absolute Gasteiger partial charge is 0.274 e. The SMILES string of the molecule is CCc1nc(C2CCCN(C(=O)c3cn4c(C)cccc4n3)C2)no1. The molecule has 1 atom stereocenters. The molecular weight excluding hydrogens is 318 g/mol. The van der Waals surface area contributed by atoms with E-state index in [1.807, 2.05) is 47.5 Å². The Hall–Kier alpha value is -2.70. The van der Waals surface area contributed by atoms with Gasteiger partial charge in [-0.15, -0.1) is 0 Å². The minimum Gasteiger partial charge on any atom is -0.339 e. The molecule has 0 N–H and O–H groups in total. The van der Waals surface area contributed by atoms with Crippen molar-refractivity contribution in [1.82, 2.24) is 24.4 Å². The summed E-state index contributed by atoms with van der Waals surface area (Å²) in [6.07, 6.45) is 4.44. The number of carbonyl (C=O) groups is 1. The molecule has 1 amide bonds. The number of aromatic nitrogens is 4. The largest absolute Gasteiger partial charge is 0.339 e. The third-order valence-corrected chi connectivity index (χ3v) is 4.78. The average Bonchev–Trinajstić information content (AvgIpc) is 3.29. The molecule has 1 aliphatic heterocycles. The van der Waals surface area contributed by atoms with Crippen LogP contribution in [0.25, 0.3) is 5.65 Å². The third-order valence-electron chi connectivity index (χ3n) is 4.78. The number of imidazole rings is 1. The maximum absolute atomic E-state index is 12.9. The van der Waals surface area contributed by atoms with Crippen molar-refractivity contribution in [1.29, 1.82) is 0 Å². The standard InChI is InChI=1S/C18H21N5O2/c1-3-16-20-17(21-25-16)13-7-5-9-22(10-13)18(24)14-11-23-12(2)6-4-8-15(23)19-14/h4,6,8,11,13H,3,5,7,9-10H2,1-2H3. The number of aryl methyl sites for hydroxylation is 2. The molecular formula is C18H21N5O2. The summed E-state index contributed by atoms with van der Waals surface area (Å²) in [6.45, 7) is 5.33. The second-order valence-electron chi connectivity index (χ2n) is 6.51. The van der Waals surface area contributed by atoms with Gasteiger partial charge in [-0.25, -0.2) is 4.98 Å². The number of piperidine rings is 1. The Morgan fingerprint density at radius 1 is 1.36 bits per heavy atom. The van der Waals surface area contributed by atoms with Crippen LogP contribution in [0.5, 0.6) is 0 Å². The molecule has 0 aliphatic carbocycles. The first-order chi connectivity index (χ1) is 12.2. The van der Waals surface area contributed by atoms with Crippen LogP contribution < -0.4 is 0 Å². The van der Waals surface area contributed by atoms with E-state index in [1.54, 1.807) is 0 Å². The zero-order valence-electron chi connectivity index (χ0n) is 14.5. The maximum Gasteiger partial charge on any atom is 0.274 e. The van der Waals surface area contributed by atoms with Crippen LogP contribution in [0.15, 0.2) is 28.9 Å². The van der Waals surface area contributed by atoms with Crippen LogP contribution in [0.3, 0.4) is 0 Å². The lowest BCUT2D eigenvalue weighted by atomic mass is 9.97. The predicted octanol–water partition coefficient (Wildman–Crippen LogP) is 2.61. The van der Waals surface area contributed by atoms with Gasteiger partial charge in [-0.2, -0.15) is 4.98 Å². The normalized spacial score (nSPS) is 18.0. The van der Waals surface area contributed by atoms with E-state index in [0.717, 1.165) is 37.1 Å². The lowest BCUT2D eigenvalue weighted by molar-refractivity contribution is 0.0698. The first-order valence-corrected chi connectivity index (χ1v) is 8.72. The van der Waals surface area contributed by atoms with Crippen LogP contribution in [0.2, 0.25) is 0 Å². The number of hydrogen-bond acceptors (Lipinski definition) is 5. The van der Waals surface area contributed by atoms with E-state index in [4.69, 9.17) is 4.52 Å². The van der Waals surface area contributed by atoms with Gasteiger partial charge in [0.1, 0.15) is 11.3 Å². The number of likely N-dealkylation sites (tertiary alicyclic amines) is 1. The molecule has 4 rings (SSSR count). The fourth-order valence-corrected chi connectivity index (χ4v) is 3.36. The van der Waals surface area contributed by atoms with Gasteiger partial charge >= 0.3 is 0 Å². The molecule has 0 spiro atoms. The van der Waals surface area contributed by atoms with Crippen molar-refractivity contribution in [2.75, 3.05) is 13.1 Å². The fraction of sp³-hybridized carbons (Fsp3) is 0.444. The van der Waals surface area contributed by atoms with E-state index in [1.165, 1.54) is 0 Å². The molecule has 1 saturated heterocycles. The number of amides is 1. The first-order valence-electron chi connectivity index (χ1n) is 8.72. The van der Waals surface area contributed by atoms with Gasteiger partial charge < -0.3 is 13.8 Å². The van der Waals surface area contributed by atoms with Crippen LogP contribution in [0, 0.1) is 6.92 Å². The molecule has 3 aromatic rings. The summed E-state index contributed by atoms with van der Waals surface area (Å²) in [4.78, 5) is 23.7. The first kappa shape index (κ1) is 15.8. The van der Waals surface area contributed by atoms with Crippen LogP contribution in [0.4, 0.5) is 0 Å². The summed E-state index contributed by atoms with van der Waals surface area (Å²) in [7, 11) is 0. The molecule has 0 bridgehead atoms. The van der Waals surface area contributed by atoms with E-state index in [9.17, 15) is 4.79 Å². The van der Waals surface area contributed by atoms with Crippen LogP contribution in [0.1, 0.15) is 53.6 Å². The Labute approximate surface area is 145 Å². The highest BCUT2D eigenvalue weighted by Gasteiger charge is 2.29. The minimum absolute atomic E-state index is 0.0352. The summed E-state index contributed by atoms with van der Waals surface area (Å²) in [5.41, 5.74) is 2.33. The summed E-state index contributed by atoms with van der Waals surface area (Å²) >= 11 is 0. The van der Waals surface area contributed by atoms with Crippen molar-refractivity contribution in [3.8, 4) is 0 Å². The molecule has 7 nitrogen and oxygen atoms in total. The van der Waals surface area contributed by atoms with Crippen LogP contribution >= 0.6 is 0 Å². The van der Waals surface area contributed by atoms with Crippen molar-refractivity contribution in [3.63, 3.8) is 0 Å². The third kappa shape index (κ3) is 2.90.